The van der Waals surface area contributed by atoms with E-state index in [1.807, 2.05) is 6.92 Å². The van der Waals surface area contributed by atoms with Gasteiger partial charge in [0, 0.05) is 19.5 Å². The number of rotatable bonds is 8. The van der Waals surface area contributed by atoms with Crippen LogP contribution in [0.2, 0.25) is 0 Å². The third-order valence-corrected chi connectivity index (χ3v) is 4.47. The van der Waals surface area contributed by atoms with Gasteiger partial charge < -0.3 is 20.1 Å². The van der Waals surface area contributed by atoms with Crippen LogP contribution in [0.25, 0.3) is 0 Å². The molecule has 142 valence electrons. The molecule has 1 unspecified atom stereocenters. The molecule has 7 heteroatoms. The number of amides is 2. The number of nitrogens with zero attached hydrogens (tertiary/aromatic N) is 1. The molecule has 1 fully saturated rings. The number of carbonyl (C=O) groups is 3. The molecule has 0 bridgehead atoms. The van der Waals surface area contributed by atoms with Gasteiger partial charge in [-0.1, -0.05) is 12.1 Å². The first-order valence-electron chi connectivity index (χ1n) is 9.00. The minimum Gasteiger partial charge on any atom is -0.493 e. The van der Waals surface area contributed by atoms with E-state index in [1.54, 1.807) is 29.2 Å². The molecule has 26 heavy (non-hydrogen) atoms. The second kappa shape index (κ2) is 9.79. The van der Waals surface area contributed by atoms with Crippen LogP contribution in [0.3, 0.4) is 0 Å². The molecule has 1 aliphatic heterocycles. The Labute approximate surface area is 153 Å². The Hall–Kier alpha value is -2.57. The predicted octanol–water partition coefficient (Wildman–Crippen LogP) is 1.92. The van der Waals surface area contributed by atoms with Crippen molar-refractivity contribution in [2.45, 2.75) is 32.6 Å². The summed E-state index contributed by atoms with van der Waals surface area (Å²) in [5.74, 6) is -0.604. The lowest BCUT2D eigenvalue weighted by molar-refractivity contribution is -0.137. The zero-order valence-corrected chi connectivity index (χ0v) is 15.1. The van der Waals surface area contributed by atoms with Crippen molar-refractivity contribution in [2.75, 3.05) is 26.2 Å². The van der Waals surface area contributed by atoms with Gasteiger partial charge in [-0.05, 0) is 44.2 Å². The Kier molecular flexibility index (Phi) is 7.44. The average Bonchev–Trinajstić information content (AvgIpc) is 2.65. The standard InChI is InChI=1S/C19H26N2O5/c1-2-26-16-8-4-3-7-15(16)19(25)20-12-17(22)21-11-5-6-14(13-21)9-10-18(23)24/h3-4,7-8,14H,2,5-6,9-13H2,1H3,(H,20,25)(H,23,24). The van der Waals surface area contributed by atoms with E-state index < -0.39 is 5.97 Å². The van der Waals surface area contributed by atoms with Crippen LogP contribution in [0.4, 0.5) is 0 Å². The van der Waals surface area contributed by atoms with Crippen LogP contribution in [-0.4, -0.2) is 54.0 Å². The average molecular weight is 362 g/mol. The molecule has 1 aromatic carbocycles. The van der Waals surface area contributed by atoms with Gasteiger partial charge in [-0.15, -0.1) is 0 Å². The molecular formula is C19H26N2O5. The second-order valence-electron chi connectivity index (χ2n) is 6.39. The number of carboxylic acid groups (broad SMARTS) is 1. The molecule has 1 aromatic rings. The largest absolute Gasteiger partial charge is 0.493 e. The van der Waals surface area contributed by atoms with Crippen LogP contribution in [0.5, 0.6) is 5.75 Å². The van der Waals surface area contributed by atoms with Gasteiger partial charge in [0.05, 0.1) is 18.7 Å². The molecule has 2 amide bonds. The van der Waals surface area contributed by atoms with Gasteiger partial charge in [0.2, 0.25) is 5.91 Å². The first-order chi connectivity index (χ1) is 12.5. The van der Waals surface area contributed by atoms with Crippen molar-refractivity contribution in [1.29, 1.82) is 0 Å². The quantitative estimate of drug-likeness (QED) is 0.736. The zero-order valence-electron chi connectivity index (χ0n) is 15.1. The van der Waals surface area contributed by atoms with E-state index in [4.69, 9.17) is 9.84 Å². The fourth-order valence-electron chi connectivity index (χ4n) is 3.15. The fraction of sp³-hybridized carbons (Fsp3) is 0.526. The number of carboxylic acids is 1. The summed E-state index contributed by atoms with van der Waals surface area (Å²) in [5.41, 5.74) is 0.403. The number of carbonyl (C=O) groups excluding carboxylic acids is 2. The van der Waals surface area contributed by atoms with E-state index >= 15 is 0 Å². The number of benzene rings is 1. The number of hydrogen-bond acceptors (Lipinski definition) is 4. The number of likely N-dealkylation sites (tertiary alicyclic amines) is 1. The molecule has 2 N–H and O–H groups in total. The molecule has 7 nitrogen and oxygen atoms in total. The van der Waals surface area contributed by atoms with E-state index in [1.165, 1.54) is 0 Å². The smallest absolute Gasteiger partial charge is 0.303 e. The van der Waals surface area contributed by atoms with Gasteiger partial charge in [-0.3, -0.25) is 14.4 Å². The highest BCUT2D eigenvalue weighted by molar-refractivity contribution is 5.98. The van der Waals surface area contributed by atoms with Crippen molar-refractivity contribution in [3.63, 3.8) is 0 Å². The molecule has 0 aromatic heterocycles. The van der Waals surface area contributed by atoms with Gasteiger partial charge >= 0.3 is 5.97 Å². The summed E-state index contributed by atoms with van der Waals surface area (Å²) in [4.78, 5) is 37.2. The summed E-state index contributed by atoms with van der Waals surface area (Å²) in [6.07, 6.45) is 2.49. The van der Waals surface area contributed by atoms with Crippen molar-refractivity contribution >= 4 is 17.8 Å². The SMILES string of the molecule is CCOc1ccccc1C(=O)NCC(=O)N1CCCC(CCC(=O)O)C1. The molecule has 0 radical (unpaired) electrons. The Bertz CT molecular complexity index is 647. The second-order valence-corrected chi connectivity index (χ2v) is 6.39. The number of hydrogen-bond donors (Lipinski definition) is 2. The Morgan fingerprint density at radius 3 is 2.81 bits per heavy atom. The molecular weight excluding hydrogens is 336 g/mol. The lowest BCUT2D eigenvalue weighted by Gasteiger charge is -2.32. The number of ether oxygens (including phenoxy) is 1. The van der Waals surface area contributed by atoms with Crippen molar-refractivity contribution < 1.29 is 24.2 Å². The fourth-order valence-corrected chi connectivity index (χ4v) is 3.15. The van der Waals surface area contributed by atoms with E-state index in [0.717, 1.165) is 12.8 Å². The molecule has 1 saturated heterocycles. The van der Waals surface area contributed by atoms with E-state index in [0.29, 0.717) is 37.4 Å². The summed E-state index contributed by atoms with van der Waals surface area (Å²) < 4.78 is 5.44. The predicted molar refractivity (Wildman–Crippen MR) is 96.1 cm³/mol. The topological polar surface area (TPSA) is 95.9 Å². The first-order valence-corrected chi connectivity index (χ1v) is 9.00. The molecule has 0 aliphatic carbocycles. The van der Waals surface area contributed by atoms with E-state index in [-0.39, 0.29) is 30.7 Å². The summed E-state index contributed by atoms with van der Waals surface area (Å²) in [6.45, 7) is 3.42. The van der Waals surface area contributed by atoms with Crippen LogP contribution in [0, 0.1) is 5.92 Å². The van der Waals surface area contributed by atoms with Gasteiger partial charge in [0.25, 0.3) is 5.91 Å². The number of aliphatic carboxylic acids is 1. The normalized spacial score (nSPS) is 16.8. The van der Waals surface area contributed by atoms with E-state index in [2.05, 4.69) is 5.32 Å². The zero-order chi connectivity index (χ0) is 18.9. The maximum Gasteiger partial charge on any atom is 0.303 e. The lowest BCUT2D eigenvalue weighted by Crippen LogP contribution is -2.45. The summed E-state index contributed by atoms with van der Waals surface area (Å²) in [5, 5.41) is 11.5. The van der Waals surface area contributed by atoms with Crippen LogP contribution in [0.15, 0.2) is 24.3 Å². The molecule has 1 heterocycles. The van der Waals surface area contributed by atoms with Crippen LogP contribution < -0.4 is 10.1 Å². The van der Waals surface area contributed by atoms with Gasteiger partial charge in [0.15, 0.2) is 0 Å². The highest BCUT2D eigenvalue weighted by Crippen LogP contribution is 2.21. The molecule has 1 aliphatic rings. The van der Waals surface area contributed by atoms with Crippen LogP contribution in [0.1, 0.15) is 43.0 Å². The first kappa shape index (κ1) is 19.8. The van der Waals surface area contributed by atoms with E-state index in [9.17, 15) is 14.4 Å². The number of para-hydroxylation sites is 1. The third-order valence-electron chi connectivity index (χ3n) is 4.47. The van der Waals surface area contributed by atoms with Crippen molar-refractivity contribution in [1.82, 2.24) is 10.2 Å². The molecule has 1 atom stereocenters. The maximum atomic E-state index is 12.4. The molecule has 0 spiro atoms. The minimum atomic E-state index is -0.811. The van der Waals surface area contributed by atoms with Crippen molar-refractivity contribution in [3.8, 4) is 5.75 Å². The molecule has 0 saturated carbocycles. The molecule has 2 rings (SSSR count). The summed E-state index contributed by atoms with van der Waals surface area (Å²) in [6, 6.07) is 6.92. The summed E-state index contributed by atoms with van der Waals surface area (Å²) >= 11 is 0. The van der Waals surface area contributed by atoms with Crippen molar-refractivity contribution in [2.24, 2.45) is 5.92 Å². The van der Waals surface area contributed by atoms with Gasteiger partial charge in [-0.25, -0.2) is 0 Å². The Balaban J connectivity index is 1.86. The lowest BCUT2D eigenvalue weighted by atomic mass is 9.93. The third kappa shape index (κ3) is 5.75. The maximum absolute atomic E-state index is 12.4. The summed E-state index contributed by atoms with van der Waals surface area (Å²) in [7, 11) is 0. The Morgan fingerprint density at radius 2 is 2.08 bits per heavy atom. The van der Waals surface area contributed by atoms with Crippen molar-refractivity contribution in [3.05, 3.63) is 29.8 Å². The number of piperidine rings is 1. The van der Waals surface area contributed by atoms with Crippen LogP contribution in [-0.2, 0) is 9.59 Å². The monoisotopic (exact) mass is 362 g/mol. The highest BCUT2D eigenvalue weighted by atomic mass is 16.5. The highest BCUT2D eigenvalue weighted by Gasteiger charge is 2.24. The van der Waals surface area contributed by atoms with Crippen LogP contribution >= 0.6 is 0 Å². The minimum absolute atomic E-state index is 0.0784. The Morgan fingerprint density at radius 1 is 1.31 bits per heavy atom. The number of nitrogens with one attached hydrogen (secondary N) is 1. The van der Waals surface area contributed by atoms with Gasteiger partial charge in [-0.2, -0.15) is 0 Å². The van der Waals surface area contributed by atoms with Gasteiger partial charge in [0.1, 0.15) is 5.75 Å².